The highest BCUT2D eigenvalue weighted by molar-refractivity contribution is 7.89. The van der Waals surface area contributed by atoms with E-state index in [4.69, 9.17) is 9.84 Å². The Morgan fingerprint density at radius 1 is 1.30 bits per heavy atom. The SMILES string of the molecule is CC(C)(C)OC(=O)N(CCCO)CCNS(=O)(=O)c1ccccc1[N+](=O)[O-]. The Balaban J connectivity index is 2.82. The van der Waals surface area contributed by atoms with Crippen LogP contribution in [-0.4, -0.2) is 61.3 Å². The standard InChI is InChI=1S/C16H25N3O7S/c1-16(2,3)26-15(21)18(10-6-12-20)11-9-17-27(24,25)14-8-5-4-7-13(14)19(22)23/h4-5,7-8,17,20H,6,9-12H2,1-3H3. The van der Waals surface area contributed by atoms with E-state index in [-0.39, 0.29) is 26.2 Å². The molecule has 0 radical (unpaired) electrons. The van der Waals surface area contributed by atoms with Gasteiger partial charge in [-0.05, 0) is 33.3 Å². The lowest BCUT2D eigenvalue weighted by atomic mass is 10.2. The molecule has 0 aliphatic rings. The van der Waals surface area contributed by atoms with E-state index < -0.39 is 37.2 Å². The van der Waals surface area contributed by atoms with Crippen LogP contribution < -0.4 is 4.72 Å². The summed E-state index contributed by atoms with van der Waals surface area (Å²) in [5.41, 5.74) is -1.26. The number of nitro benzene ring substituents is 1. The third kappa shape index (κ3) is 7.49. The molecule has 0 fully saturated rings. The van der Waals surface area contributed by atoms with Gasteiger partial charge in [0.2, 0.25) is 10.0 Å². The molecule has 1 rings (SSSR count). The molecule has 152 valence electrons. The summed E-state index contributed by atoms with van der Waals surface area (Å²) < 4.78 is 32.2. The Bertz CT molecular complexity index is 760. The van der Waals surface area contributed by atoms with Gasteiger partial charge in [-0.1, -0.05) is 12.1 Å². The molecule has 10 nitrogen and oxygen atoms in total. The lowest BCUT2D eigenvalue weighted by Gasteiger charge is -2.27. The predicted molar refractivity (Wildman–Crippen MR) is 97.8 cm³/mol. The van der Waals surface area contributed by atoms with Crippen molar-refractivity contribution in [2.75, 3.05) is 26.2 Å². The number of ether oxygens (including phenoxy) is 1. The quantitative estimate of drug-likeness (QED) is 0.470. The number of aliphatic hydroxyl groups is 1. The second-order valence-corrected chi connectivity index (χ2v) is 8.40. The first-order valence-corrected chi connectivity index (χ1v) is 9.78. The Hall–Kier alpha value is -2.24. The zero-order chi connectivity index (χ0) is 20.7. The van der Waals surface area contributed by atoms with Crippen LogP contribution in [0.3, 0.4) is 0 Å². The fourth-order valence-electron chi connectivity index (χ4n) is 2.11. The molecule has 1 aromatic rings. The maximum Gasteiger partial charge on any atom is 0.410 e. The van der Waals surface area contributed by atoms with Crippen molar-refractivity contribution in [3.63, 3.8) is 0 Å². The minimum atomic E-state index is -4.13. The minimum Gasteiger partial charge on any atom is -0.444 e. The van der Waals surface area contributed by atoms with E-state index in [1.807, 2.05) is 0 Å². The van der Waals surface area contributed by atoms with Crippen LogP contribution in [0, 0.1) is 10.1 Å². The van der Waals surface area contributed by atoms with E-state index in [1.165, 1.54) is 17.0 Å². The summed E-state index contributed by atoms with van der Waals surface area (Å²) >= 11 is 0. The van der Waals surface area contributed by atoms with E-state index in [2.05, 4.69) is 4.72 Å². The van der Waals surface area contributed by atoms with Crippen LogP contribution in [0.25, 0.3) is 0 Å². The average molecular weight is 403 g/mol. The molecule has 0 unspecified atom stereocenters. The topological polar surface area (TPSA) is 139 Å². The first kappa shape index (κ1) is 22.8. The van der Waals surface area contributed by atoms with Gasteiger partial charge in [0.1, 0.15) is 5.60 Å². The number of carbonyl (C=O) groups excluding carboxylic acids is 1. The zero-order valence-corrected chi connectivity index (χ0v) is 16.4. The van der Waals surface area contributed by atoms with Gasteiger partial charge in [-0.15, -0.1) is 0 Å². The molecule has 0 atom stereocenters. The monoisotopic (exact) mass is 403 g/mol. The largest absolute Gasteiger partial charge is 0.444 e. The predicted octanol–water partition coefficient (Wildman–Crippen LogP) is 1.49. The number of aliphatic hydroxyl groups excluding tert-OH is 1. The van der Waals surface area contributed by atoms with Crippen molar-refractivity contribution in [3.05, 3.63) is 34.4 Å². The highest BCUT2D eigenvalue weighted by Crippen LogP contribution is 2.22. The first-order valence-electron chi connectivity index (χ1n) is 8.30. The Morgan fingerprint density at radius 3 is 2.48 bits per heavy atom. The number of carbonyl (C=O) groups is 1. The second kappa shape index (κ2) is 9.62. The van der Waals surface area contributed by atoms with E-state index in [1.54, 1.807) is 20.8 Å². The number of rotatable bonds is 9. The maximum absolute atomic E-state index is 12.4. The van der Waals surface area contributed by atoms with Crippen LogP contribution in [0.15, 0.2) is 29.2 Å². The Morgan fingerprint density at radius 2 is 1.93 bits per heavy atom. The van der Waals surface area contributed by atoms with E-state index in [9.17, 15) is 23.3 Å². The number of hydrogen-bond acceptors (Lipinski definition) is 7. The lowest BCUT2D eigenvalue weighted by molar-refractivity contribution is -0.387. The molecule has 2 N–H and O–H groups in total. The van der Waals surface area contributed by atoms with Gasteiger partial charge in [-0.3, -0.25) is 10.1 Å². The molecule has 0 heterocycles. The van der Waals surface area contributed by atoms with Crippen molar-refractivity contribution in [3.8, 4) is 0 Å². The zero-order valence-electron chi connectivity index (χ0n) is 15.5. The maximum atomic E-state index is 12.4. The van der Waals surface area contributed by atoms with Crippen LogP contribution in [0.1, 0.15) is 27.2 Å². The molecular weight excluding hydrogens is 378 g/mol. The number of amides is 1. The van der Waals surface area contributed by atoms with Gasteiger partial charge in [0, 0.05) is 32.3 Å². The van der Waals surface area contributed by atoms with Crippen LogP contribution in [0.2, 0.25) is 0 Å². The third-order valence-corrected chi connectivity index (χ3v) is 4.77. The number of nitrogens with one attached hydrogen (secondary N) is 1. The molecule has 0 saturated carbocycles. The molecule has 0 aliphatic heterocycles. The van der Waals surface area contributed by atoms with Crippen LogP contribution >= 0.6 is 0 Å². The van der Waals surface area contributed by atoms with Crippen molar-refractivity contribution in [1.82, 2.24) is 9.62 Å². The van der Waals surface area contributed by atoms with Crippen molar-refractivity contribution in [1.29, 1.82) is 0 Å². The fourth-order valence-corrected chi connectivity index (χ4v) is 3.30. The van der Waals surface area contributed by atoms with Crippen molar-refractivity contribution >= 4 is 21.8 Å². The molecule has 0 spiro atoms. The molecule has 0 saturated heterocycles. The van der Waals surface area contributed by atoms with Gasteiger partial charge in [-0.2, -0.15) is 0 Å². The first-order chi connectivity index (χ1) is 12.5. The van der Waals surface area contributed by atoms with E-state index >= 15 is 0 Å². The molecule has 11 heteroatoms. The van der Waals surface area contributed by atoms with Gasteiger partial charge in [0.15, 0.2) is 4.90 Å². The number of hydrogen-bond donors (Lipinski definition) is 2. The number of para-hydroxylation sites is 1. The van der Waals surface area contributed by atoms with E-state index in [0.717, 1.165) is 12.1 Å². The molecule has 0 aliphatic carbocycles. The highest BCUT2D eigenvalue weighted by atomic mass is 32.2. The summed E-state index contributed by atoms with van der Waals surface area (Å²) in [5.74, 6) is 0. The van der Waals surface area contributed by atoms with Crippen LogP contribution in [0.4, 0.5) is 10.5 Å². The summed E-state index contributed by atoms with van der Waals surface area (Å²) in [6.07, 6.45) is -0.336. The normalized spacial score (nSPS) is 11.9. The molecule has 0 aromatic heterocycles. The number of nitro groups is 1. The Labute approximate surface area is 158 Å². The third-order valence-electron chi connectivity index (χ3n) is 3.26. The molecule has 1 aromatic carbocycles. The second-order valence-electron chi connectivity index (χ2n) is 6.67. The fraction of sp³-hybridized carbons (Fsp3) is 0.562. The summed E-state index contributed by atoms with van der Waals surface area (Å²) in [5, 5.41) is 20.0. The number of benzene rings is 1. The van der Waals surface area contributed by atoms with Gasteiger partial charge in [0.05, 0.1) is 4.92 Å². The van der Waals surface area contributed by atoms with Crippen molar-refractivity contribution in [2.45, 2.75) is 37.7 Å². The van der Waals surface area contributed by atoms with Crippen molar-refractivity contribution < 1.29 is 28.0 Å². The summed E-state index contributed by atoms with van der Waals surface area (Å²) in [7, 11) is -4.13. The average Bonchev–Trinajstić information content (AvgIpc) is 2.56. The molecule has 27 heavy (non-hydrogen) atoms. The van der Waals surface area contributed by atoms with Gasteiger partial charge >= 0.3 is 6.09 Å². The van der Waals surface area contributed by atoms with Crippen LogP contribution in [0.5, 0.6) is 0 Å². The lowest BCUT2D eigenvalue weighted by Crippen LogP contribution is -2.42. The summed E-state index contributed by atoms with van der Waals surface area (Å²) in [4.78, 5) is 23.2. The molecule has 0 bridgehead atoms. The summed E-state index contributed by atoms with van der Waals surface area (Å²) in [6, 6.07) is 4.99. The smallest absolute Gasteiger partial charge is 0.410 e. The Kier molecular flexibility index (Phi) is 8.13. The number of nitrogens with zero attached hydrogens (tertiary/aromatic N) is 2. The van der Waals surface area contributed by atoms with Gasteiger partial charge in [0.25, 0.3) is 5.69 Å². The summed E-state index contributed by atoms with van der Waals surface area (Å²) in [6.45, 7) is 4.96. The molecular formula is C16H25N3O7S. The number of sulfonamides is 1. The molecule has 1 amide bonds. The van der Waals surface area contributed by atoms with Crippen LogP contribution in [-0.2, 0) is 14.8 Å². The highest BCUT2D eigenvalue weighted by Gasteiger charge is 2.26. The minimum absolute atomic E-state index is 0.0191. The van der Waals surface area contributed by atoms with Crippen molar-refractivity contribution in [2.24, 2.45) is 0 Å². The van der Waals surface area contributed by atoms with E-state index in [0.29, 0.717) is 6.42 Å². The van der Waals surface area contributed by atoms with Gasteiger partial charge < -0.3 is 14.7 Å². The van der Waals surface area contributed by atoms with Gasteiger partial charge in [-0.25, -0.2) is 17.9 Å².